The van der Waals surface area contributed by atoms with Gasteiger partial charge in [0.2, 0.25) is 0 Å². The van der Waals surface area contributed by atoms with Gasteiger partial charge in [-0.3, -0.25) is 0 Å². The van der Waals surface area contributed by atoms with Gasteiger partial charge in [-0.05, 0) is 0 Å². The van der Waals surface area contributed by atoms with Crippen LogP contribution in [-0.4, -0.2) is 38.7 Å². The molecule has 0 spiro atoms. The molecule has 0 saturated heterocycles. The summed E-state index contributed by atoms with van der Waals surface area (Å²) in [7, 11) is 0. The summed E-state index contributed by atoms with van der Waals surface area (Å²) in [6, 6.07) is 0. The van der Waals surface area contributed by atoms with Crippen LogP contribution in [0.15, 0.2) is 0 Å². The Morgan fingerprint density at radius 2 is 0.818 bits per heavy atom. The molecule has 0 bridgehead atoms. The molecule has 1 saturated carbocycles. The minimum atomic E-state index is -7.14. The molecular formula is C10H8F11I. The van der Waals surface area contributed by atoms with Crippen LogP contribution in [0.3, 0.4) is 0 Å². The molecule has 0 heterocycles. The Morgan fingerprint density at radius 1 is 0.591 bits per heavy atom. The molecule has 22 heavy (non-hydrogen) atoms. The smallest absolute Gasteiger partial charge is 0.230 e. The first kappa shape index (κ1) is 20.0. The van der Waals surface area contributed by atoms with Crippen LogP contribution in [0.2, 0.25) is 0 Å². The molecule has 132 valence electrons. The average molecular weight is 464 g/mol. The highest BCUT2D eigenvalue weighted by Gasteiger charge is 3.00. The summed E-state index contributed by atoms with van der Waals surface area (Å²) in [5.74, 6) is -34.6. The van der Waals surface area contributed by atoms with Crippen molar-refractivity contribution >= 4 is 22.6 Å². The Labute approximate surface area is 130 Å². The van der Waals surface area contributed by atoms with E-state index in [-0.39, 0.29) is 0 Å². The lowest BCUT2D eigenvalue weighted by Crippen LogP contribution is -2.84. The quantitative estimate of drug-likeness (QED) is 0.288. The fraction of sp³-hybridized carbons (Fsp3) is 1.00. The molecule has 1 rings (SSSR count). The monoisotopic (exact) mass is 464 g/mol. The maximum Gasteiger partial charge on any atom is 0.384 e. The van der Waals surface area contributed by atoms with Crippen LogP contribution in [0.25, 0.3) is 0 Å². The molecular weight excluding hydrogens is 456 g/mol. The van der Waals surface area contributed by atoms with Gasteiger partial charge in [0.1, 0.15) is 0 Å². The fourth-order valence-corrected chi connectivity index (χ4v) is 2.61. The van der Waals surface area contributed by atoms with Crippen molar-refractivity contribution in [2.75, 3.05) is 0 Å². The molecule has 12 heteroatoms. The Kier molecular flexibility index (Phi) is 4.11. The number of alkyl halides is 12. The second-order valence-corrected chi connectivity index (χ2v) is 8.49. The van der Waals surface area contributed by atoms with Crippen LogP contribution in [0.4, 0.5) is 48.3 Å². The SMILES string of the molecule is CC(C)(I)CC1(F)C(F)(F)C(F)(F)C(F)(F)C(F)(F)C1(F)F. The molecule has 1 aliphatic rings. The van der Waals surface area contributed by atoms with Gasteiger partial charge in [-0.1, -0.05) is 36.4 Å². The first-order valence-corrected chi connectivity index (χ1v) is 6.55. The van der Waals surface area contributed by atoms with Crippen molar-refractivity contribution in [2.24, 2.45) is 0 Å². The highest BCUT2D eigenvalue weighted by atomic mass is 127. The molecule has 0 radical (unpaired) electrons. The van der Waals surface area contributed by atoms with Crippen LogP contribution in [0.5, 0.6) is 0 Å². The largest absolute Gasteiger partial charge is 0.384 e. The van der Waals surface area contributed by atoms with Gasteiger partial charge in [0.15, 0.2) is 0 Å². The maximum absolute atomic E-state index is 14.2. The van der Waals surface area contributed by atoms with Crippen molar-refractivity contribution in [3.63, 3.8) is 0 Å². The second-order valence-electron chi connectivity index (χ2n) is 5.57. The van der Waals surface area contributed by atoms with Gasteiger partial charge in [-0.15, -0.1) is 0 Å². The van der Waals surface area contributed by atoms with E-state index in [1.165, 1.54) is 0 Å². The molecule has 0 aromatic rings. The van der Waals surface area contributed by atoms with E-state index in [0.29, 0.717) is 0 Å². The Bertz CT molecular complexity index is 432. The average Bonchev–Trinajstić information content (AvgIpc) is 2.23. The van der Waals surface area contributed by atoms with E-state index < -0.39 is 45.1 Å². The molecule has 0 aromatic carbocycles. The van der Waals surface area contributed by atoms with Gasteiger partial charge in [0, 0.05) is 9.84 Å². The number of hydrogen-bond acceptors (Lipinski definition) is 0. The molecule has 0 atom stereocenters. The van der Waals surface area contributed by atoms with E-state index >= 15 is 0 Å². The van der Waals surface area contributed by atoms with Crippen molar-refractivity contribution in [1.29, 1.82) is 0 Å². The molecule has 0 N–H and O–H groups in total. The van der Waals surface area contributed by atoms with Gasteiger partial charge in [0.25, 0.3) is 5.67 Å². The van der Waals surface area contributed by atoms with Gasteiger partial charge in [-0.25, -0.2) is 4.39 Å². The van der Waals surface area contributed by atoms with Crippen LogP contribution < -0.4 is 0 Å². The zero-order valence-corrected chi connectivity index (χ0v) is 12.9. The summed E-state index contributed by atoms with van der Waals surface area (Å²) < 4.78 is 144. The Hall–Kier alpha value is -0.0400. The van der Waals surface area contributed by atoms with Crippen molar-refractivity contribution in [1.82, 2.24) is 0 Å². The Morgan fingerprint density at radius 3 is 1.05 bits per heavy atom. The van der Waals surface area contributed by atoms with E-state index in [2.05, 4.69) is 0 Å². The van der Waals surface area contributed by atoms with Crippen LogP contribution >= 0.6 is 22.6 Å². The standard InChI is InChI=1S/C10H8F11I/c1-4(2,22)3-5(11)6(12,13)8(16,17)10(20,21)9(18,19)7(5,14)15/h3H2,1-2H3. The predicted octanol–water partition coefficient (Wildman–Crippen LogP) is 5.49. The zero-order valence-electron chi connectivity index (χ0n) is 10.7. The Balaban J connectivity index is 3.77. The summed E-state index contributed by atoms with van der Waals surface area (Å²) in [5, 5.41) is 0. The van der Waals surface area contributed by atoms with E-state index in [9.17, 15) is 48.3 Å². The topological polar surface area (TPSA) is 0 Å². The van der Waals surface area contributed by atoms with Gasteiger partial charge in [-0.2, -0.15) is 43.9 Å². The summed E-state index contributed by atoms with van der Waals surface area (Å²) in [5.41, 5.74) is -5.88. The van der Waals surface area contributed by atoms with Gasteiger partial charge >= 0.3 is 29.6 Å². The molecule has 0 aromatic heterocycles. The maximum atomic E-state index is 14.2. The lowest BCUT2D eigenvalue weighted by Gasteiger charge is -2.53. The van der Waals surface area contributed by atoms with Crippen molar-refractivity contribution in [3.05, 3.63) is 0 Å². The number of rotatable bonds is 2. The lowest BCUT2D eigenvalue weighted by atomic mass is 9.69. The summed E-state index contributed by atoms with van der Waals surface area (Å²) in [6.07, 6.45) is -2.21. The van der Waals surface area contributed by atoms with Crippen LogP contribution in [-0.2, 0) is 0 Å². The number of halogens is 12. The zero-order chi connectivity index (χ0) is 18.2. The summed E-state index contributed by atoms with van der Waals surface area (Å²) >= 11 is 1.07. The first-order valence-electron chi connectivity index (χ1n) is 5.47. The van der Waals surface area contributed by atoms with Crippen molar-refractivity contribution in [3.8, 4) is 0 Å². The third kappa shape index (κ3) is 2.00. The second kappa shape index (κ2) is 4.52. The first-order chi connectivity index (χ1) is 9.21. The van der Waals surface area contributed by atoms with Gasteiger partial charge < -0.3 is 0 Å². The summed E-state index contributed by atoms with van der Waals surface area (Å²) in [4.78, 5) is 0. The molecule has 1 fully saturated rings. The van der Waals surface area contributed by atoms with Gasteiger partial charge in [0.05, 0.1) is 0 Å². The van der Waals surface area contributed by atoms with Crippen LogP contribution in [0, 0.1) is 0 Å². The third-order valence-electron chi connectivity index (χ3n) is 3.24. The minimum Gasteiger partial charge on any atom is -0.230 e. The lowest BCUT2D eigenvalue weighted by molar-refractivity contribution is -0.486. The molecule has 0 amide bonds. The molecule has 1 aliphatic carbocycles. The molecule has 0 aliphatic heterocycles. The molecule has 0 unspecified atom stereocenters. The van der Waals surface area contributed by atoms with E-state index in [4.69, 9.17) is 0 Å². The van der Waals surface area contributed by atoms with E-state index in [0.717, 1.165) is 36.4 Å². The number of hydrogen-bond donors (Lipinski definition) is 0. The summed E-state index contributed by atoms with van der Waals surface area (Å²) in [6.45, 7) is 1.62. The highest BCUT2D eigenvalue weighted by Crippen LogP contribution is 2.70. The van der Waals surface area contributed by atoms with Crippen LogP contribution in [0.1, 0.15) is 20.3 Å². The highest BCUT2D eigenvalue weighted by molar-refractivity contribution is 14.1. The molecule has 0 nitrogen and oxygen atoms in total. The van der Waals surface area contributed by atoms with E-state index in [1.807, 2.05) is 0 Å². The predicted molar refractivity (Wildman–Crippen MR) is 61.3 cm³/mol. The van der Waals surface area contributed by atoms with Crippen molar-refractivity contribution < 1.29 is 48.3 Å². The fourth-order valence-electron chi connectivity index (χ4n) is 2.09. The normalized spacial score (nSPS) is 30.8. The minimum absolute atomic E-state index is 0.810. The van der Waals surface area contributed by atoms with Crippen molar-refractivity contribution in [2.45, 2.75) is 59.0 Å². The van der Waals surface area contributed by atoms with E-state index in [1.54, 1.807) is 0 Å². The third-order valence-corrected chi connectivity index (χ3v) is 3.62.